The summed E-state index contributed by atoms with van der Waals surface area (Å²) in [5.74, 6) is -5.93. The Hall–Kier alpha value is -3.08. The van der Waals surface area contributed by atoms with Gasteiger partial charge >= 0.3 is 11.9 Å². The minimum Gasteiger partial charge on any atom is -0.481 e. The molecule has 0 unspecified atom stereocenters. The van der Waals surface area contributed by atoms with Crippen molar-refractivity contribution in [1.82, 2.24) is 20.3 Å². The highest BCUT2D eigenvalue weighted by molar-refractivity contribution is 7.11. The van der Waals surface area contributed by atoms with Crippen LogP contribution >= 0.6 is 22.9 Å². The molecular formula is C27H29ClF3N5O6S. The number of hydroxylamine groups is 2. The number of nitrogens with zero attached hydrogens (tertiary/aromatic N) is 4. The maximum atomic E-state index is 15.5. The number of hydrogen-bond donors (Lipinski definition) is 3. The Morgan fingerprint density at radius 3 is 2.77 bits per heavy atom. The predicted molar refractivity (Wildman–Crippen MR) is 149 cm³/mol. The van der Waals surface area contributed by atoms with E-state index in [1.54, 1.807) is 11.6 Å². The van der Waals surface area contributed by atoms with Crippen LogP contribution in [0.2, 0.25) is 5.02 Å². The SMILES string of the molecule is COC(=O)C1=C(CN2CC(F)(F)[C@@H]3[C@H]2CON3C[C@H](O)C(C)(C)C(=O)O)NC(c2nccs2)=N[C@H]1c1cccc(F)c1Cl. The van der Waals surface area contributed by atoms with Gasteiger partial charge in [0.15, 0.2) is 10.8 Å². The minimum absolute atomic E-state index is 0.0449. The van der Waals surface area contributed by atoms with Gasteiger partial charge in [-0.25, -0.2) is 22.9 Å². The maximum absolute atomic E-state index is 15.5. The van der Waals surface area contributed by atoms with Gasteiger partial charge in [-0.15, -0.1) is 11.3 Å². The molecule has 2 fully saturated rings. The average molecular weight is 644 g/mol. The molecule has 11 nitrogen and oxygen atoms in total. The topological polar surface area (TPSA) is 137 Å². The van der Waals surface area contributed by atoms with Gasteiger partial charge < -0.3 is 20.3 Å². The fourth-order valence-electron chi connectivity index (χ4n) is 5.37. The number of aliphatic hydroxyl groups excluding tert-OH is 1. The zero-order valence-electron chi connectivity index (χ0n) is 23.3. The molecule has 5 rings (SSSR count). The van der Waals surface area contributed by atoms with Crippen molar-refractivity contribution in [2.24, 2.45) is 10.4 Å². The summed E-state index contributed by atoms with van der Waals surface area (Å²) in [6, 6.07) is 0.557. The van der Waals surface area contributed by atoms with Crippen LogP contribution in [0.3, 0.4) is 0 Å². The Bertz CT molecular complexity index is 1470. The van der Waals surface area contributed by atoms with Crippen molar-refractivity contribution in [3.05, 3.63) is 62.5 Å². The number of thiazole rings is 1. The summed E-state index contributed by atoms with van der Waals surface area (Å²) in [6.07, 6.45) is 0.0417. The zero-order chi connectivity index (χ0) is 31.3. The Labute approximate surface area is 253 Å². The number of hydrogen-bond acceptors (Lipinski definition) is 11. The van der Waals surface area contributed by atoms with E-state index < -0.39 is 66.4 Å². The highest BCUT2D eigenvalue weighted by atomic mass is 35.5. The van der Waals surface area contributed by atoms with Crippen molar-refractivity contribution in [3.63, 3.8) is 0 Å². The Morgan fingerprint density at radius 1 is 1.37 bits per heavy atom. The summed E-state index contributed by atoms with van der Waals surface area (Å²) in [6.45, 7) is 1.02. The van der Waals surface area contributed by atoms with E-state index in [4.69, 9.17) is 21.2 Å². The Morgan fingerprint density at radius 2 is 2.12 bits per heavy atom. The predicted octanol–water partition coefficient (Wildman–Crippen LogP) is 2.86. The number of ether oxygens (including phenoxy) is 1. The van der Waals surface area contributed by atoms with Crippen molar-refractivity contribution in [2.75, 3.05) is 33.4 Å². The van der Waals surface area contributed by atoms with Gasteiger partial charge in [-0.1, -0.05) is 23.7 Å². The number of methoxy groups -OCH3 is 1. The lowest BCUT2D eigenvalue weighted by Gasteiger charge is -2.32. The van der Waals surface area contributed by atoms with E-state index in [9.17, 15) is 24.2 Å². The van der Waals surface area contributed by atoms with E-state index in [0.29, 0.717) is 5.01 Å². The first kappa shape index (κ1) is 31.3. The van der Waals surface area contributed by atoms with E-state index in [1.807, 2.05) is 0 Å². The first-order valence-electron chi connectivity index (χ1n) is 13.2. The number of aliphatic hydroxyl groups is 1. The summed E-state index contributed by atoms with van der Waals surface area (Å²) in [7, 11) is 1.16. The van der Waals surface area contributed by atoms with Crippen LogP contribution in [-0.2, 0) is 19.2 Å². The quantitative estimate of drug-likeness (QED) is 0.350. The third kappa shape index (κ3) is 5.77. The van der Waals surface area contributed by atoms with Crippen LogP contribution in [0.5, 0.6) is 0 Å². The van der Waals surface area contributed by atoms with Gasteiger partial charge in [0.25, 0.3) is 5.92 Å². The highest BCUT2D eigenvalue weighted by Crippen LogP contribution is 2.43. The number of carbonyl (C=O) groups is 2. The number of benzene rings is 1. The molecule has 3 N–H and O–H groups in total. The number of carboxylic acids is 1. The van der Waals surface area contributed by atoms with Crippen molar-refractivity contribution in [1.29, 1.82) is 0 Å². The fourth-order valence-corrected chi connectivity index (χ4v) is 6.19. The zero-order valence-corrected chi connectivity index (χ0v) is 24.8. The lowest BCUT2D eigenvalue weighted by Crippen LogP contribution is -2.51. The third-order valence-electron chi connectivity index (χ3n) is 7.94. The monoisotopic (exact) mass is 643 g/mol. The van der Waals surface area contributed by atoms with E-state index in [2.05, 4.69) is 15.3 Å². The number of esters is 1. The number of amidine groups is 1. The number of carboxylic acid groups (broad SMARTS) is 1. The molecule has 0 bridgehead atoms. The van der Waals surface area contributed by atoms with E-state index in [0.717, 1.165) is 18.2 Å². The molecule has 2 saturated heterocycles. The summed E-state index contributed by atoms with van der Waals surface area (Å²) in [5, 5.41) is 25.9. The molecule has 3 aliphatic heterocycles. The second kappa shape index (κ2) is 11.8. The van der Waals surface area contributed by atoms with Gasteiger partial charge in [-0.3, -0.25) is 19.5 Å². The molecular weight excluding hydrogens is 615 g/mol. The maximum Gasteiger partial charge on any atom is 0.338 e. The summed E-state index contributed by atoms with van der Waals surface area (Å²) in [5.41, 5.74) is -1.30. The van der Waals surface area contributed by atoms with Gasteiger partial charge in [0.05, 0.1) is 55.0 Å². The molecule has 3 aliphatic rings. The Balaban J connectivity index is 1.50. The number of carbonyl (C=O) groups excluding carboxylic acids is 1. The molecule has 16 heteroatoms. The van der Waals surface area contributed by atoms with Crippen LogP contribution in [0.25, 0.3) is 0 Å². The van der Waals surface area contributed by atoms with Crippen LogP contribution in [0.4, 0.5) is 13.2 Å². The summed E-state index contributed by atoms with van der Waals surface area (Å²) < 4.78 is 50.6. The molecule has 0 amide bonds. The minimum atomic E-state index is -3.33. The van der Waals surface area contributed by atoms with Crippen molar-refractivity contribution < 1.29 is 42.5 Å². The summed E-state index contributed by atoms with van der Waals surface area (Å²) >= 11 is 7.55. The number of halogens is 4. The molecule has 43 heavy (non-hydrogen) atoms. The first-order valence-corrected chi connectivity index (χ1v) is 14.4. The van der Waals surface area contributed by atoms with E-state index in [1.165, 1.54) is 42.2 Å². The van der Waals surface area contributed by atoms with Gasteiger partial charge in [0.2, 0.25) is 0 Å². The van der Waals surface area contributed by atoms with Crippen molar-refractivity contribution >= 4 is 40.7 Å². The lowest BCUT2D eigenvalue weighted by molar-refractivity contribution is -0.202. The number of fused-ring (bicyclic) bond motifs is 1. The van der Waals surface area contributed by atoms with Crippen LogP contribution in [-0.4, -0.2) is 100 Å². The molecule has 0 spiro atoms. The number of alkyl halides is 2. The number of aliphatic imine (C=N–C) groups is 1. The average Bonchev–Trinajstić information content (AvgIpc) is 3.69. The van der Waals surface area contributed by atoms with Gasteiger partial charge in [0.1, 0.15) is 17.9 Å². The van der Waals surface area contributed by atoms with Crippen LogP contribution in [0.1, 0.15) is 30.5 Å². The normalized spacial score (nSPS) is 24.8. The van der Waals surface area contributed by atoms with Gasteiger partial charge in [0, 0.05) is 29.4 Å². The van der Waals surface area contributed by atoms with E-state index >= 15 is 8.78 Å². The van der Waals surface area contributed by atoms with Crippen LogP contribution in [0, 0.1) is 11.2 Å². The molecule has 4 heterocycles. The smallest absolute Gasteiger partial charge is 0.338 e. The second-order valence-electron chi connectivity index (χ2n) is 11.0. The summed E-state index contributed by atoms with van der Waals surface area (Å²) in [4.78, 5) is 40.6. The first-order chi connectivity index (χ1) is 20.3. The molecule has 0 radical (unpaired) electrons. The molecule has 4 atom stereocenters. The molecule has 232 valence electrons. The fraction of sp³-hybridized carbons (Fsp3) is 0.481. The number of aromatic nitrogens is 1. The second-order valence-corrected chi connectivity index (χ2v) is 12.3. The number of β-amino-alcohol motifs (C(OH)–C–C–N with tert-alkyl or cyclic N) is 1. The number of likely N-dealkylation sites (tertiary alicyclic amines) is 1. The number of nitrogens with one attached hydrogen (secondary N) is 1. The van der Waals surface area contributed by atoms with Crippen molar-refractivity contribution in [3.8, 4) is 0 Å². The van der Waals surface area contributed by atoms with E-state index in [-0.39, 0.29) is 40.8 Å². The standard InChI is InChI=1S/C27H29ClF3N5O6S/c1-26(2,25(39)40)17(37)10-36-21-16(11-42-36)35(12-27(21,30)31)9-15-18(24(38)41-3)20(13-5-4-6-14(29)19(13)28)34-22(33-15)23-32-7-8-43-23/h4-8,16-17,20-21,37H,9-12H2,1-3H3,(H,33,34)(H,39,40)/t16-,17+,20+,21+/m1/s1. The molecule has 1 aromatic heterocycles. The molecule has 0 saturated carbocycles. The van der Waals surface area contributed by atoms with Gasteiger partial charge in [-0.05, 0) is 19.9 Å². The molecule has 0 aliphatic carbocycles. The van der Waals surface area contributed by atoms with Crippen LogP contribution < -0.4 is 5.32 Å². The van der Waals surface area contributed by atoms with Crippen LogP contribution in [0.15, 0.2) is 46.0 Å². The lowest BCUT2D eigenvalue weighted by atomic mass is 9.86. The van der Waals surface area contributed by atoms with Gasteiger partial charge in [-0.2, -0.15) is 5.06 Å². The van der Waals surface area contributed by atoms with Crippen molar-refractivity contribution in [2.45, 2.75) is 44.0 Å². The number of rotatable bonds is 9. The third-order valence-corrected chi connectivity index (χ3v) is 9.12. The largest absolute Gasteiger partial charge is 0.481 e. The number of aliphatic carboxylic acids is 1. The Kier molecular flexibility index (Phi) is 8.59. The molecule has 1 aromatic carbocycles. The highest BCUT2D eigenvalue weighted by Gasteiger charge is 2.61. The molecule has 2 aromatic rings.